The molecule has 2 aromatic heterocycles. The Morgan fingerprint density at radius 1 is 1.56 bits per heavy atom. The summed E-state index contributed by atoms with van der Waals surface area (Å²) in [4.78, 5) is 6.97. The molecule has 0 amide bonds. The first-order chi connectivity index (χ1) is 7.65. The summed E-state index contributed by atoms with van der Waals surface area (Å²) in [6.45, 7) is 6.37. The van der Waals surface area contributed by atoms with E-state index < -0.39 is 0 Å². The van der Waals surface area contributed by atoms with Gasteiger partial charge in [0.25, 0.3) is 0 Å². The van der Waals surface area contributed by atoms with Crippen molar-refractivity contribution in [2.45, 2.75) is 27.2 Å². The number of aromatic nitrogens is 2. The number of hydrogen-bond donors (Lipinski definition) is 0. The van der Waals surface area contributed by atoms with E-state index >= 15 is 0 Å². The van der Waals surface area contributed by atoms with Crippen LogP contribution in [0, 0.1) is 13.8 Å². The third-order valence-corrected chi connectivity index (χ3v) is 4.25. The van der Waals surface area contributed by atoms with Gasteiger partial charge in [-0.05, 0) is 26.3 Å². The molecular weight excluding hydrogens is 284 g/mol. The molecule has 0 unspecified atom stereocenters. The molecule has 2 aromatic rings. The van der Waals surface area contributed by atoms with Gasteiger partial charge in [-0.25, -0.2) is 4.98 Å². The fourth-order valence-corrected chi connectivity index (χ4v) is 3.12. The summed E-state index contributed by atoms with van der Waals surface area (Å²) in [6, 6.07) is 0. The van der Waals surface area contributed by atoms with Crippen LogP contribution in [0.3, 0.4) is 0 Å². The molecule has 2 nitrogen and oxygen atoms in total. The Morgan fingerprint density at radius 3 is 2.94 bits per heavy atom. The Bertz CT molecular complexity index is 530. The van der Waals surface area contributed by atoms with Crippen molar-refractivity contribution in [3.8, 4) is 0 Å². The van der Waals surface area contributed by atoms with Crippen LogP contribution in [0.1, 0.15) is 29.6 Å². The molecule has 0 aliphatic rings. The molecule has 0 aromatic carbocycles. The lowest BCUT2D eigenvalue weighted by atomic mass is 10.2. The maximum absolute atomic E-state index is 4.58. The quantitative estimate of drug-likeness (QED) is 0.776. The normalized spacial score (nSPS) is 12.6. The minimum atomic E-state index is 0.930. The van der Waals surface area contributed by atoms with Gasteiger partial charge in [0.05, 0.1) is 11.4 Å². The molecule has 0 atom stereocenters. The first-order valence-corrected chi connectivity index (χ1v) is 7.30. The van der Waals surface area contributed by atoms with Crippen molar-refractivity contribution in [3.63, 3.8) is 0 Å². The number of halogens is 1. The van der Waals surface area contributed by atoms with E-state index in [1.807, 2.05) is 0 Å². The number of fused-ring (bicyclic) bond motifs is 1. The Labute approximate surface area is 108 Å². The van der Waals surface area contributed by atoms with Crippen molar-refractivity contribution in [1.82, 2.24) is 9.38 Å². The Balaban J connectivity index is 2.57. The van der Waals surface area contributed by atoms with Gasteiger partial charge in [0.1, 0.15) is 0 Å². The van der Waals surface area contributed by atoms with Crippen LogP contribution in [0.2, 0.25) is 0 Å². The minimum absolute atomic E-state index is 0.930. The van der Waals surface area contributed by atoms with Crippen LogP contribution in [0.5, 0.6) is 0 Å². The molecule has 0 fully saturated rings. The first kappa shape index (κ1) is 11.9. The number of hydrogen-bond acceptors (Lipinski definition) is 2. The summed E-state index contributed by atoms with van der Waals surface area (Å²) in [7, 11) is 0. The highest BCUT2D eigenvalue weighted by Crippen LogP contribution is 2.23. The standard InChI is InChI=1S/C12H15BrN2S/c1-4-10(6-13)5-11-9(3)14-12-15(11)7-8(2)16-12/h5,7H,4,6H2,1-3H3. The number of allylic oxidation sites excluding steroid dienone is 1. The highest BCUT2D eigenvalue weighted by molar-refractivity contribution is 9.09. The number of imidazole rings is 1. The fraction of sp³-hybridized carbons (Fsp3) is 0.417. The second-order valence-electron chi connectivity index (χ2n) is 3.87. The minimum Gasteiger partial charge on any atom is -0.290 e. The fourth-order valence-electron chi connectivity index (χ4n) is 1.68. The van der Waals surface area contributed by atoms with Crippen molar-refractivity contribution in [2.75, 3.05) is 5.33 Å². The van der Waals surface area contributed by atoms with Gasteiger partial charge in [0.15, 0.2) is 4.96 Å². The van der Waals surface area contributed by atoms with E-state index in [0.717, 1.165) is 22.4 Å². The third-order valence-electron chi connectivity index (χ3n) is 2.63. The maximum Gasteiger partial charge on any atom is 0.194 e. The molecule has 0 bridgehead atoms. The number of thiazole rings is 1. The van der Waals surface area contributed by atoms with E-state index in [1.54, 1.807) is 11.3 Å². The van der Waals surface area contributed by atoms with Gasteiger partial charge in [-0.1, -0.05) is 28.4 Å². The van der Waals surface area contributed by atoms with Gasteiger partial charge in [0.2, 0.25) is 0 Å². The number of alkyl halides is 1. The Kier molecular flexibility index (Phi) is 3.50. The van der Waals surface area contributed by atoms with Crippen molar-refractivity contribution >= 4 is 38.3 Å². The molecule has 0 N–H and O–H groups in total. The second-order valence-corrected chi connectivity index (χ2v) is 5.64. The zero-order valence-corrected chi connectivity index (χ0v) is 12.2. The summed E-state index contributed by atoms with van der Waals surface area (Å²) >= 11 is 5.26. The maximum atomic E-state index is 4.58. The predicted octanol–water partition coefficient (Wildman–Crippen LogP) is 4.20. The summed E-state index contributed by atoms with van der Waals surface area (Å²) in [5, 5.41) is 0.930. The monoisotopic (exact) mass is 298 g/mol. The van der Waals surface area contributed by atoms with Crippen LogP contribution in [-0.2, 0) is 0 Å². The zero-order valence-electron chi connectivity index (χ0n) is 9.75. The topological polar surface area (TPSA) is 17.3 Å². The SMILES string of the molecule is CCC(=Cc1c(C)nc2sc(C)cn12)CBr. The van der Waals surface area contributed by atoms with Crippen LogP contribution in [0.15, 0.2) is 11.8 Å². The van der Waals surface area contributed by atoms with E-state index in [9.17, 15) is 0 Å². The lowest BCUT2D eigenvalue weighted by Gasteiger charge is -1.99. The van der Waals surface area contributed by atoms with Crippen molar-refractivity contribution < 1.29 is 0 Å². The molecule has 4 heteroatoms. The van der Waals surface area contributed by atoms with Crippen LogP contribution in [0.25, 0.3) is 11.0 Å². The van der Waals surface area contributed by atoms with Crippen molar-refractivity contribution in [2.24, 2.45) is 0 Å². The predicted molar refractivity (Wildman–Crippen MR) is 74.6 cm³/mol. The van der Waals surface area contributed by atoms with Gasteiger partial charge < -0.3 is 0 Å². The third kappa shape index (κ3) is 2.09. The number of rotatable bonds is 3. The molecule has 0 aliphatic heterocycles. The van der Waals surface area contributed by atoms with Crippen LogP contribution < -0.4 is 0 Å². The Hall–Kier alpha value is -0.610. The molecule has 0 saturated carbocycles. The summed E-state index contributed by atoms with van der Waals surface area (Å²) in [5.41, 5.74) is 3.72. The van der Waals surface area contributed by atoms with Crippen LogP contribution >= 0.6 is 27.3 Å². The molecular formula is C12H15BrN2S. The zero-order chi connectivity index (χ0) is 11.7. The lowest BCUT2D eigenvalue weighted by molar-refractivity contribution is 1.11. The van der Waals surface area contributed by atoms with Crippen molar-refractivity contribution in [3.05, 3.63) is 28.0 Å². The first-order valence-electron chi connectivity index (χ1n) is 5.36. The van der Waals surface area contributed by atoms with E-state index in [-0.39, 0.29) is 0 Å². The van der Waals surface area contributed by atoms with Gasteiger partial charge in [-0.2, -0.15) is 0 Å². The molecule has 16 heavy (non-hydrogen) atoms. The van der Waals surface area contributed by atoms with Gasteiger partial charge >= 0.3 is 0 Å². The van der Waals surface area contributed by atoms with Gasteiger partial charge in [0, 0.05) is 16.4 Å². The smallest absolute Gasteiger partial charge is 0.194 e. The highest BCUT2D eigenvalue weighted by Gasteiger charge is 2.09. The molecule has 2 heterocycles. The van der Waals surface area contributed by atoms with E-state index in [1.165, 1.54) is 16.1 Å². The largest absolute Gasteiger partial charge is 0.290 e. The average Bonchev–Trinajstić information content (AvgIpc) is 2.72. The number of nitrogens with zero attached hydrogens (tertiary/aromatic N) is 2. The van der Waals surface area contributed by atoms with Gasteiger partial charge in [-0.3, -0.25) is 4.40 Å². The van der Waals surface area contributed by atoms with Crippen LogP contribution in [-0.4, -0.2) is 14.7 Å². The second kappa shape index (κ2) is 4.72. The van der Waals surface area contributed by atoms with E-state index in [0.29, 0.717) is 0 Å². The van der Waals surface area contributed by atoms with Gasteiger partial charge in [-0.15, -0.1) is 11.3 Å². The summed E-state index contributed by atoms with van der Waals surface area (Å²) in [6.07, 6.45) is 5.48. The molecule has 2 rings (SSSR count). The molecule has 0 saturated heterocycles. The Morgan fingerprint density at radius 2 is 2.31 bits per heavy atom. The lowest BCUT2D eigenvalue weighted by Crippen LogP contribution is -1.88. The summed E-state index contributed by atoms with van der Waals surface area (Å²) in [5.74, 6) is 0. The average molecular weight is 299 g/mol. The molecule has 0 aliphatic carbocycles. The van der Waals surface area contributed by atoms with Crippen LogP contribution in [0.4, 0.5) is 0 Å². The van der Waals surface area contributed by atoms with Crippen molar-refractivity contribution in [1.29, 1.82) is 0 Å². The molecule has 0 radical (unpaired) electrons. The molecule has 86 valence electrons. The van der Waals surface area contributed by atoms with E-state index in [4.69, 9.17) is 0 Å². The summed E-state index contributed by atoms with van der Waals surface area (Å²) < 4.78 is 2.19. The number of aryl methyl sites for hydroxylation is 2. The highest BCUT2D eigenvalue weighted by atomic mass is 79.9. The molecule has 0 spiro atoms. The van der Waals surface area contributed by atoms with E-state index in [2.05, 4.69) is 58.4 Å².